The van der Waals surface area contributed by atoms with Gasteiger partial charge in [-0.25, -0.2) is 0 Å². The molecule has 3 aromatic rings. The van der Waals surface area contributed by atoms with Gasteiger partial charge in [0, 0.05) is 24.9 Å². The highest BCUT2D eigenvalue weighted by atomic mass is 16.5. The van der Waals surface area contributed by atoms with Crippen molar-refractivity contribution in [1.82, 2.24) is 9.78 Å². The molecule has 21 heavy (non-hydrogen) atoms. The maximum Gasteiger partial charge on any atom is 0.118 e. The average Bonchev–Trinajstić information content (AvgIpc) is 2.84. The summed E-state index contributed by atoms with van der Waals surface area (Å²) in [4.78, 5) is 0. The second-order valence-electron chi connectivity index (χ2n) is 5.17. The normalized spacial score (nSPS) is 12.5. The summed E-state index contributed by atoms with van der Waals surface area (Å²) in [6.07, 6.45) is 0.716. The minimum atomic E-state index is -0.0748. The topological polar surface area (TPSA) is 53.1 Å². The maximum absolute atomic E-state index is 6.33. The van der Waals surface area contributed by atoms with Gasteiger partial charge in [-0.15, -0.1) is 0 Å². The average molecular weight is 281 g/mol. The van der Waals surface area contributed by atoms with Gasteiger partial charge in [0.25, 0.3) is 0 Å². The number of methoxy groups -OCH3 is 1. The minimum Gasteiger partial charge on any atom is -0.497 e. The molecule has 1 unspecified atom stereocenters. The summed E-state index contributed by atoms with van der Waals surface area (Å²) in [5.41, 5.74) is 9.59. The standard InChI is InChI=1S/C17H19N3O/c1-20-17-6-4-3-5-14(17)16(19-20)11-15(18)12-7-9-13(21-2)10-8-12/h3-10,15H,11,18H2,1-2H3. The van der Waals surface area contributed by atoms with Crippen LogP contribution in [0, 0.1) is 0 Å². The van der Waals surface area contributed by atoms with Crippen LogP contribution in [0.1, 0.15) is 17.3 Å². The predicted octanol–water partition coefficient (Wildman–Crippen LogP) is 2.82. The fourth-order valence-corrected chi connectivity index (χ4v) is 2.62. The largest absolute Gasteiger partial charge is 0.497 e. The lowest BCUT2D eigenvalue weighted by Crippen LogP contribution is -2.13. The molecule has 0 aliphatic heterocycles. The Labute approximate surface area is 124 Å². The van der Waals surface area contributed by atoms with Crippen LogP contribution in [0.15, 0.2) is 48.5 Å². The highest BCUT2D eigenvalue weighted by Gasteiger charge is 2.13. The molecule has 0 bridgehead atoms. The molecule has 1 aromatic heterocycles. The number of benzene rings is 2. The lowest BCUT2D eigenvalue weighted by molar-refractivity contribution is 0.414. The van der Waals surface area contributed by atoms with Crippen molar-refractivity contribution in [2.75, 3.05) is 7.11 Å². The number of hydrogen-bond acceptors (Lipinski definition) is 3. The van der Waals surface area contributed by atoms with Crippen LogP contribution in [0.4, 0.5) is 0 Å². The molecular weight excluding hydrogens is 262 g/mol. The Balaban J connectivity index is 1.87. The molecule has 4 heteroatoms. The monoisotopic (exact) mass is 281 g/mol. The first kappa shape index (κ1) is 13.6. The van der Waals surface area contributed by atoms with E-state index in [-0.39, 0.29) is 6.04 Å². The molecule has 4 nitrogen and oxygen atoms in total. The van der Waals surface area contributed by atoms with Crippen molar-refractivity contribution in [2.45, 2.75) is 12.5 Å². The van der Waals surface area contributed by atoms with Crippen LogP contribution in [-0.4, -0.2) is 16.9 Å². The number of hydrogen-bond donors (Lipinski definition) is 1. The van der Waals surface area contributed by atoms with Crippen molar-refractivity contribution < 1.29 is 4.74 Å². The number of nitrogens with zero attached hydrogens (tertiary/aromatic N) is 2. The van der Waals surface area contributed by atoms with E-state index in [0.717, 1.165) is 22.5 Å². The Hall–Kier alpha value is -2.33. The van der Waals surface area contributed by atoms with E-state index in [4.69, 9.17) is 10.5 Å². The highest BCUT2D eigenvalue weighted by Crippen LogP contribution is 2.23. The van der Waals surface area contributed by atoms with E-state index in [1.54, 1.807) is 7.11 Å². The Morgan fingerprint density at radius 3 is 2.57 bits per heavy atom. The summed E-state index contributed by atoms with van der Waals surface area (Å²) in [5, 5.41) is 5.77. The molecule has 0 aliphatic rings. The summed E-state index contributed by atoms with van der Waals surface area (Å²) in [6, 6.07) is 16.0. The van der Waals surface area contributed by atoms with Crippen molar-refractivity contribution in [3.63, 3.8) is 0 Å². The molecule has 1 heterocycles. The van der Waals surface area contributed by atoms with Gasteiger partial charge in [0.1, 0.15) is 5.75 Å². The summed E-state index contributed by atoms with van der Waals surface area (Å²) >= 11 is 0. The second-order valence-corrected chi connectivity index (χ2v) is 5.17. The zero-order valence-electron chi connectivity index (χ0n) is 12.3. The maximum atomic E-state index is 6.33. The number of ether oxygens (including phenoxy) is 1. The van der Waals surface area contributed by atoms with Crippen LogP contribution in [0.25, 0.3) is 10.9 Å². The lowest BCUT2D eigenvalue weighted by atomic mass is 10.0. The molecule has 0 spiro atoms. The molecule has 0 saturated carbocycles. The van der Waals surface area contributed by atoms with Crippen molar-refractivity contribution in [3.8, 4) is 5.75 Å². The number of para-hydroxylation sites is 1. The number of rotatable bonds is 4. The van der Waals surface area contributed by atoms with Crippen LogP contribution >= 0.6 is 0 Å². The molecular formula is C17H19N3O. The van der Waals surface area contributed by atoms with E-state index >= 15 is 0 Å². The van der Waals surface area contributed by atoms with E-state index in [2.05, 4.69) is 17.2 Å². The van der Waals surface area contributed by atoms with Gasteiger partial charge in [0.2, 0.25) is 0 Å². The summed E-state index contributed by atoms with van der Waals surface area (Å²) in [6.45, 7) is 0. The van der Waals surface area contributed by atoms with E-state index < -0.39 is 0 Å². The van der Waals surface area contributed by atoms with Gasteiger partial charge in [0.15, 0.2) is 0 Å². The Morgan fingerprint density at radius 2 is 1.86 bits per heavy atom. The first-order chi connectivity index (χ1) is 10.2. The molecule has 2 N–H and O–H groups in total. The van der Waals surface area contributed by atoms with Crippen molar-refractivity contribution in [3.05, 3.63) is 59.8 Å². The van der Waals surface area contributed by atoms with Crippen LogP contribution in [-0.2, 0) is 13.5 Å². The first-order valence-electron chi connectivity index (χ1n) is 6.99. The smallest absolute Gasteiger partial charge is 0.118 e. The van der Waals surface area contributed by atoms with Crippen LogP contribution in [0.3, 0.4) is 0 Å². The first-order valence-corrected chi connectivity index (χ1v) is 6.99. The van der Waals surface area contributed by atoms with Gasteiger partial charge in [-0.1, -0.05) is 30.3 Å². The van der Waals surface area contributed by atoms with Gasteiger partial charge in [0.05, 0.1) is 18.3 Å². The van der Waals surface area contributed by atoms with Crippen LogP contribution in [0.2, 0.25) is 0 Å². The SMILES string of the molecule is COc1ccc(C(N)Cc2nn(C)c3ccccc23)cc1. The molecule has 108 valence electrons. The molecule has 0 saturated heterocycles. The van der Waals surface area contributed by atoms with Gasteiger partial charge in [-0.05, 0) is 23.8 Å². The predicted molar refractivity (Wildman–Crippen MR) is 84.3 cm³/mol. The fourth-order valence-electron chi connectivity index (χ4n) is 2.62. The van der Waals surface area contributed by atoms with Gasteiger partial charge in [-0.3, -0.25) is 4.68 Å². The van der Waals surface area contributed by atoms with Crippen LogP contribution in [0.5, 0.6) is 5.75 Å². The second kappa shape index (κ2) is 5.58. The number of aryl methyl sites for hydroxylation is 1. The zero-order chi connectivity index (χ0) is 14.8. The van der Waals surface area contributed by atoms with Gasteiger partial charge >= 0.3 is 0 Å². The summed E-state index contributed by atoms with van der Waals surface area (Å²) in [7, 11) is 3.62. The third-order valence-corrected chi connectivity index (χ3v) is 3.79. The zero-order valence-corrected chi connectivity index (χ0v) is 12.3. The third-order valence-electron chi connectivity index (χ3n) is 3.79. The Morgan fingerprint density at radius 1 is 1.14 bits per heavy atom. The number of aromatic nitrogens is 2. The quantitative estimate of drug-likeness (QED) is 0.800. The summed E-state index contributed by atoms with van der Waals surface area (Å²) in [5.74, 6) is 0.842. The molecule has 2 aromatic carbocycles. The van der Waals surface area contributed by atoms with Crippen molar-refractivity contribution in [2.24, 2.45) is 12.8 Å². The molecule has 0 amide bonds. The van der Waals surface area contributed by atoms with Crippen molar-refractivity contribution in [1.29, 1.82) is 0 Å². The van der Waals surface area contributed by atoms with Gasteiger partial charge < -0.3 is 10.5 Å². The van der Waals surface area contributed by atoms with Crippen LogP contribution < -0.4 is 10.5 Å². The van der Waals surface area contributed by atoms with E-state index in [1.165, 1.54) is 5.39 Å². The summed E-state index contributed by atoms with van der Waals surface area (Å²) < 4.78 is 7.08. The van der Waals surface area contributed by atoms with E-state index in [0.29, 0.717) is 6.42 Å². The fraction of sp³-hybridized carbons (Fsp3) is 0.235. The third kappa shape index (κ3) is 2.62. The Kier molecular flexibility index (Phi) is 3.62. The van der Waals surface area contributed by atoms with Crippen molar-refractivity contribution >= 4 is 10.9 Å². The van der Waals surface area contributed by atoms with Gasteiger partial charge in [-0.2, -0.15) is 5.10 Å². The van der Waals surface area contributed by atoms with E-state index in [9.17, 15) is 0 Å². The number of nitrogens with two attached hydrogens (primary N) is 1. The molecule has 0 radical (unpaired) electrons. The highest BCUT2D eigenvalue weighted by molar-refractivity contribution is 5.81. The molecule has 3 rings (SSSR count). The Bertz CT molecular complexity index is 746. The number of fused-ring (bicyclic) bond motifs is 1. The lowest BCUT2D eigenvalue weighted by Gasteiger charge is -2.11. The minimum absolute atomic E-state index is 0.0748. The van der Waals surface area contributed by atoms with E-state index in [1.807, 2.05) is 48.1 Å². The molecule has 1 atom stereocenters. The molecule has 0 fully saturated rings. The molecule has 0 aliphatic carbocycles.